The fourth-order valence-electron chi connectivity index (χ4n) is 4.54. The zero-order chi connectivity index (χ0) is 20.3. The van der Waals surface area contributed by atoms with Gasteiger partial charge in [-0.05, 0) is 51.7 Å². The number of carboxylic acid groups (broad SMARTS) is 1. The van der Waals surface area contributed by atoms with Crippen LogP contribution < -0.4 is 5.32 Å². The van der Waals surface area contributed by atoms with Crippen molar-refractivity contribution in [2.24, 2.45) is 5.92 Å². The number of hydrogen-bond acceptors (Lipinski definition) is 3. The fourth-order valence-corrected chi connectivity index (χ4v) is 4.54. The summed E-state index contributed by atoms with van der Waals surface area (Å²) in [6, 6.07) is 5.78. The number of piperidine rings is 1. The maximum atomic E-state index is 12.9. The van der Waals surface area contributed by atoms with Crippen LogP contribution in [0.3, 0.4) is 0 Å². The second kappa shape index (κ2) is 8.33. The first-order valence-electron chi connectivity index (χ1n) is 10.2. The van der Waals surface area contributed by atoms with Gasteiger partial charge < -0.3 is 15.3 Å². The van der Waals surface area contributed by atoms with Crippen LogP contribution in [0.15, 0.2) is 18.2 Å². The van der Waals surface area contributed by atoms with Gasteiger partial charge in [0.2, 0.25) is 5.91 Å². The molecule has 1 unspecified atom stereocenters. The minimum Gasteiger partial charge on any atom is -0.480 e. The van der Waals surface area contributed by atoms with Crippen molar-refractivity contribution < 1.29 is 19.5 Å². The van der Waals surface area contributed by atoms with Gasteiger partial charge in [-0.1, -0.05) is 36.5 Å². The summed E-state index contributed by atoms with van der Waals surface area (Å²) in [5.41, 5.74) is 1.58. The van der Waals surface area contributed by atoms with Crippen LogP contribution in [0.4, 0.5) is 0 Å². The Kier molecular flexibility index (Phi) is 6.06. The van der Waals surface area contributed by atoms with Crippen molar-refractivity contribution in [3.63, 3.8) is 0 Å². The van der Waals surface area contributed by atoms with Crippen molar-refractivity contribution in [3.8, 4) is 0 Å². The van der Waals surface area contributed by atoms with E-state index >= 15 is 0 Å². The van der Waals surface area contributed by atoms with E-state index in [9.17, 15) is 19.5 Å². The summed E-state index contributed by atoms with van der Waals surface area (Å²) >= 11 is 0. The lowest BCUT2D eigenvalue weighted by atomic mass is 9.81. The monoisotopic (exact) mass is 386 g/mol. The van der Waals surface area contributed by atoms with E-state index < -0.39 is 11.5 Å². The SMILES string of the molecule is Cc1cc(C)cc(C(=O)N2CCCC(C(=O)NC3(C(=O)O)CCCCC3)C2)c1. The Morgan fingerprint density at radius 3 is 2.29 bits per heavy atom. The van der Waals surface area contributed by atoms with E-state index in [1.54, 1.807) is 4.90 Å². The Bertz CT molecular complexity index is 748. The molecule has 152 valence electrons. The Morgan fingerprint density at radius 2 is 1.68 bits per heavy atom. The zero-order valence-electron chi connectivity index (χ0n) is 16.8. The largest absolute Gasteiger partial charge is 0.480 e. The van der Waals surface area contributed by atoms with Crippen LogP contribution in [0.5, 0.6) is 0 Å². The van der Waals surface area contributed by atoms with Gasteiger partial charge in [-0.25, -0.2) is 4.79 Å². The summed E-state index contributed by atoms with van der Waals surface area (Å²) in [5.74, 6) is -1.60. The van der Waals surface area contributed by atoms with Crippen LogP contribution in [0.1, 0.15) is 66.4 Å². The Morgan fingerprint density at radius 1 is 1.04 bits per heavy atom. The molecular formula is C22H30N2O4. The van der Waals surface area contributed by atoms with E-state index in [2.05, 4.69) is 5.32 Å². The number of nitrogens with zero attached hydrogens (tertiary/aromatic N) is 1. The van der Waals surface area contributed by atoms with Gasteiger partial charge >= 0.3 is 5.97 Å². The average Bonchev–Trinajstić information content (AvgIpc) is 2.67. The topological polar surface area (TPSA) is 86.7 Å². The number of amides is 2. The highest BCUT2D eigenvalue weighted by atomic mass is 16.4. The van der Waals surface area contributed by atoms with Crippen LogP contribution in [-0.4, -0.2) is 46.4 Å². The molecule has 1 aliphatic heterocycles. The summed E-state index contributed by atoms with van der Waals surface area (Å²) in [5, 5.41) is 12.5. The van der Waals surface area contributed by atoms with Gasteiger partial charge in [0.05, 0.1) is 5.92 Å². The number of hydrogen-bond donors (Lipinski definition) is 2. The van der Waals surface area contributed by atoms with Crippen LogP contribution in [0, 0.1) is 19.8 Å². The maximum Gasteiger partial charge on any atom is 0.329 e. The van der Waals surface area contributed by atoms with Gasteiger partial charge in [0, 0.05) is 18.7 Å². The number of carbonyl (C=O) groups is 3. The molecule has 0 bridgehead atoms. The molecule has 28 heavy (non-hydrogen) atoms. The lowest BCUT2D eigenvalue weighted by Crippen LogP contribution is -2.58. The van der Waals surface area contributed by atoms with Gasteiger partial charge in [0.1, 0.15) is 5.54 Å². The summed E-state index contributed by atoms with van der Waals surface area (Å²) in [6.45, 7) is 4.89. The molecule has 2 amide bonds. The zero-order valence-corrected chi connectivity index (χ0v) is 16.8. The third kappa shape index (κ3) is 4.37. The Hall–Kier alpha value is -2.37. The molecule has 1 heterocycles. The van der Waals surface area contributed by atoms with Crippen molar-refractivity contribution in [2.45, 2.75) is 64.3 Å². The molecule has 6 heteroatoms. The lowest BCUT2D eigenvalue weighted by molar-refractivity contribution is -0.150. The van der Waals surface area contributed by atoms with Crippen molar-refractivity contribution in [3.05, 3.63) is 34.9 Å². The highest BCUT2D eigenvalue weighted by molar-refractivity contribution is 5.95. The summed E-state index contributed by atoms with van der Waals surface area (Å²) < 4.78 is 0. The molecule has 0 spiro atoms. The summed E-state index contributed by atoms with van der Waals surface area (Å²) in [7, 11) is 0. The van der Waals surface area contributed by atoms with Crippen molar-refractivity contribution >= 4 is 17.8 Å². The predicted octanol–water partition coefficient (Wildman–Crippen LogP) is 3.06. The number of carbonyl (C=O) groups excluding carboxylic acids is 2. The Labute approximate surface area is 166 Å². The second-order valence-electron chi connectivity index (χ2n) is 8.40. The second-order valence-corrected chi connectivity index (χ2v) is 8.40. The normalized spacial score (nSPS) is 21.8. The van der Waals surface area contributed by atoms with Gasteiger partial charge in [-0.15, -0.1) is 0 Å². The molecule has 1 saturated heterocycles. The van der Waals surface area contributed by atoms with Crippen LogP contribution in [-0.2, 0) is 9.59 Å². The van der Waals surface area contributed by atoms with E-state index in [0.29, 0.717) is 37.9 Å². The molecule has 6 nitrogen and oxygen atoms in total. The molecular weight excluding hydrogens is 356 g/mol. The highest BCUT2D eigenvalue weighted by Gasteiger charge is 2.42. The number of nitrogens with one attached hydrogen (secondary N) is 1. The van der Waals surface area contributed by atoms with E-state index in [1.165, 1.54) is 0 Å². The number of rotatable bonds is 4. The first-order valence-corrected chi connectivity index (χ1v) is 10.2. The Balaban J connectivity index is 1.69. The molecule has 2 fully saturated rings. The van der Waals surface area contributed by atoms with Gasteiger partial charge in [0.25, 0.3) is 5.91 Å². The van der Waals surface area contributed by atoms with Gasteiger partial charge in [-0.3, -0.25) is 9.59 Å². The maximum absolute atomic E-state index is 12.9. The average molecular weight is 386 g/mol. The number of aliphatic carboxylic acids is 1. The highest BCUT2D eigenvalue weighted by Crippen LogP contribution is 2.30. The van der Waals surface area contributed by atoms with Crippen LogP contribution in [0.2, 0.25) is 0 Å². The standard InChI is InChI=1S/C22H30N2O4/c1-15-11-16(2)13-18(12-15)20(26)24-10-6-7-17(14-24)19(25)23-22(21(27)28)8-4-3-5-9-22/h11-13,17H,3-10,14H2,1-2H3,(H,23,25)(H,27,28). The number of carboxylic acids is 1. The van der Waals surface area contributed by atoms with Crippen molar-refractivity contribution in [2.75, 3.05) is 13.1 Å². The van der Waals surface area contributed by atoms with E-state index in [1.807, 2.05) is 32.0 Å². The van der Waals surface area contributed by atoms with E-state index in [0.717, 1.165) is 36.8 Å². The minimum atomic E-state index is -1.14. The lowest BCUT2D eigenvalue weighted by Gasteiger charge is -2.37. The van der Waals surface area contributed by atoms with Crippen LogP contribution in [0.25, 0.3) is 0 Å². The van der Waals surface area contributed by atoms with Crippen molar-refractivity contribution in [1.29, 1.82) is 0 Å². The van der Waals surface area contributed by atoms with E-state index in [4.69, 9.17) is 0 Å². The molecule has 0 radical (unpaired) electrons. The molecule has 3 rings (SSSR count). The third-order valence-corrected chi connectivity index (χ3v) is 6.03. The summed E-state index contributed by atoms with van der Waals surface area (Å²) in [4.78, 5) is 39.4. The summed E-state index contributed by atoms with van der Waals surface area (Å²) in [6.07, 6.45) is 5.01. The third-order valence-electron chi connectivity index (χ3n) is 6.03. The van der Waals surface area contributed by atoms with Crippen LogP contribution >= 0.6 is 0 Å². The molecule has 2 aliphatic rings. The molecule has 0 aromatic heterocycles. The number of likely N-dealkylation sites (tertiary alicyclic amines) is 1. The molecule has 1 atom stereocenters. The fraction of sp³-hybridized carbons (Fsp3) is 0.591. The molecule has 2 N–H and O–H groups in total. The molecule has 1 aliphatic carbocycles. The van der Waals surface area contributed by atoms with Crippen molar-refractivity contribution in [1.82, 2.24) is 10.2 Å². The van der Waals surface area contributed by atoms with E-state index in [-0.39, 0.29) is 17.7 Å². The number of benzene rings is 1. The molecule has 1 saturated carbocycles. The first-order chi connectivity index (χ1) is 13.3. The quantitative estimate of drug-likeness (QED) is 0.833. The predicted molar refractivity (Wildman–Crippen MR) is 106 cm³/mol. The smallest absolute Gasteiger partial charge is 0.329 e. The first kappa shape index (κ1) is 20.4. The minimum absolute atomic E-state index is 0.0603. The molecule has 1 aromatic rings. The van der Waals surface area contributed by atoms with Gasteiger partial charge in [0.15, 0.2) is 0 Å². The number of aryl methyl sites for hydroxylation is 2. The van der Waals surface area contributed by atoms with Gasteiger partial charge in [-0.2, -0.15) is 0 Å². The molecule has 1 aromatic carbocycles.